The lowest BCUT2D eigenvalue weighted by atomic mass is 10.0. The molecule has 0 aromatic heterocycles. The summed E-state index contributed by atoms with van der Waals surface area (Å²) < 4.78 is 0.125. The Balaban J connectivity index is 2.36. The van der Waals surface area contributed by atoms with Gasteiger partial charge < -0.3 is 9.90 Å². The van der Waals surface area contributed by atoms with Gasteiger partial charge in [-0.25, -0.2) is 0 Å². The van der Waals surface area contributed by atoms with Crippen LogP contribution in [0.25, 0.3) is 6.08 Å². The van der Waals surface area contributed by atoms with Crippen LogP contribution in [-0.4, -0.2) is 32.1 Å². The number of non-ortho nitro benzene ring substituents is 1. The maximum Gasteiger partial charge on any atom is 0.270 e. The van der Waals surface area contributed by atoms with Gasteiger partial charge in [-0.05, 0) is 17.6 Å². The zero-order valence-electron chi connectivity index (χ0n) is 12.8. The van der Waals surface area contributed by atoms with Gasteiger partial charge in [0.05, 0.1) is 21.8 Å². The Morgan fingerprint density at radius 3 is 2.62 bits per heavy atom. The summed E-state index contributed by atoms with van der Waals surface area (Å²) in [6.45, 7) is 3.31. The Morgan fingerprint density at radius 1 is 1.42 bits per heavy atom. The fourth-order valence-electron chi connectivity index (χ4n) is 2.27. The van der Waals surface area contributed by atoms with Gasteiger partial charge in [-0.3, -0.25) is 19.8 Å². The van der Waals surface area contributed by atoms with Crippen molar-refractivity contribution in [3.8, 4) is 0 Å². The average Bonchev–Trinajstić information content (AvgIpc) is 2.75. The van der Waals surface area contributed by atoms with E-state index in [0.717, 1.165) is 16.7 Å². The third kappa shape index (κ3) is 3.62. The molecule has 0 aliphatic carbocycles. The zero-order valence-corrected chi connectivity index (χ0v) is 14.4. The van der Waals surface area contributed by atoms with Crippen LogP contribution in [0.15, 0.2) is 29.2 Å². The second-order valence-corrected chi connectivity index (χ2v) is 7.09. The molecule has 0 N–H and O–H groups in total. The lowest BCUT2D eigenvalue weighted by Gasteiger charge is -2.30. The van der Waals surface area contributed by atoms with Crippen LogP contribution in [0.4, 0.5) is 5.69 Å². The monoisotopic (exact) mass is 365 g/mol. The minimum absolute atomic E-state index is 0.103. The van der Waals surface area contributed by atoms with E-state index in [1.807, 2.05) is 0 Å². The first kappa shape index (κ1) is 18.1. The van der Waals surface area contributed by atoms with Crippen molar-refractivity contribution in [2.24, 2.45) is 5.92 Å². The Bertz CT molecular complexity index is 760. The Kier molecular flexibility index (Phi) is 5.35. The molecule has 1 atom stereocenters. The number of nitrogens with zero attached hydrogens (tertiary/aromatic N) is 2. The molecule has 2 rings (SSSR count). The van der Waals surface area contributed by atoms with E-state index in [1.54, 1.807) is 19.9 Å². The van der Waals surface area contributed by atoms with E-state index >= 15 is 0 Å². The largest absolute Gasteiger partial charge is 0.548 e. The average molecular weight is 365 g/mol. The highest BCUT2D eigenvalue weighted by atomic mass is 32.2. The van der Waals surface area contributed by atoms with E-state index in [9.17, 15) is 24.8 Å². The smallest absolute Gasteiger partial charge is 0.270 e. The Hall–Kier alpha value is -2.26. The first-order chi connectivity index (χ1) is 11.2. The van der Waals surface area contributed by atoms with Gasteiger partial charge in [0, 0.05) is 12.1 Å². The third-order valence-electron chi connectivity index (χ3n) is 3.35. The molecule has 1 saturated heterocycles. The number of carboxylic acids is 1. The number of aliphatic carboxylic acids is 1. The predicted molar refractivity (Wildman–Crippen MR) is 91.7 cm³/mol. The van der Waals surface area contributed by atoms with E-state index in [-0.39, 0.29) is 20.8 Å². The van der Waals surface area contributed by atoms with Gasteiger partial charge in [0.25, 0.3) is 11.6 Å². The molecule has 9 heteroatoms. The molecule has 0 unspecified atom stereocenters. The van der Waals surface area contributed by atoms with Crippen LogP contribution < -0.4 is 5.11 Å². The maximum absolute atomic E-state index is 12.5. The van der Waals surface area contributed by atoms with Gasteiger partial charge in [-0.1, -0.05) is 50.0 Å². The van der Waals surface area contributed by atoms with Crippen LogP contribution in [0, 0.1) is 16.0 Å². The van der Waals surface area contributed by atoms with Crippen molar-refractivity contribution >= 4 is 51.9 Å². The van der Waals surface area contributed by atoms with E-state index in [1.165, 1.54) is 24.3 Å². The van der Waals surface area contributed by atoms with Crippen molar-refractivity contribution in [1.82, 2.24) is 4.90 Å². The van der Waals surface area contributed by atoms with Crippen molar-refractivity contribution in [3.63, 3.8) is 0 Å². The molecule has 0 spiro atoms. The number of thioether (sulfide) groups is 1. The second-order valence-electron chi connectivity index (χ2n) is 5.41. The van der Waals surface area contributed by atoms with E-state index < -0.39 is 22.8 Å². The topological polar surface area (TPSA) is 104 Å². The number of hydrogen-bond donors (Lipinski definition) is 0. The SMILES string of the molecule is CC(C)[C@@H](C(=O)[O-])N1C(=O)/C(=C/c2cccc([N+](=O)[O-])c2)SC1=S. The molecule has 1 aromatic rings. The molecular formula is C15H13N2O5S2-. The highest BCUT2D eigenvalue weighted by Gasteiger charge is 2.39. The van der Waals surface area contributed by atoms with Gasteiger partial charge in [-0.2, -0.15) is 0 Å². The molecule has 24 heavy (non-hydrogen) atoms. The van der Waals surface area contributed by atoms with Crippen LogP contribution in [0.3, 0.4) is 0 Å². The van der Waals surface area contributed by atoms with Crippen LogP contribution in [-0.2, 0) is 9.59 Å². The molecule has 1 heterocycles. The molecule has 1 aromatic carbocycles. The van der Waals surface area contributed by atoms with Crippen molar-refractivity contribution in [3.05, 3.63) is 44.8 Å². The van der Waals surface area contributed by atoms with Gasteiger partial charge >= 0.3 is 0 Å². The molecule has 0 saturated carbocycles. The normalized spacial score (nSPS) is 17.6. The number of rotatable bonds is 5. The molecule has 0 radical (unpaired) electrons. The second kappa shape index (κ2) is 7.10. The molecule has 0 bridgehead atoms. The zero-order chi connectivity index (χ0) is 18.0. The number of benzene rings is 1. The van der Waals surface area contributed by atoms with Crippen molar-refractivity contribution in [2.45, 2.75) is 19.9 Å². The number of carboxylic acid groups (broad SMARTS) is 1. The van der Waals surface area contributed by atoms with Crippen molar-refractivity contribution in [1.29, 1.82) is 0 Å². The first-order valence-corrected chi connectivity index (χ1v) is 8.17. The van der Waals surface area contributed by atoms with Gasteiger partial charge in [0.15, 0.2) is 0 Å². The van der Waals surface area contributed by atoms with E-state index in [2.05, 4.69) is 0 Å². The molecule has 1 aliphatic rings. The molecule has 1 fully saturated rings. The number of carbonyl (C=O) groups is 2. The number of carbonyl (C=O) groups excluding carboxylic acids is 2. The number of nitro benzene ring substituents is 1. The van der Waals surface area contributed by atoms with Gasteiger partial charge in [0.1, 0.15) is 4.32 Å². The van der Waals surface area contributed by atoms with E-state index in [4.69, 9.17) is 12.2 Å². The number of hydrogen-bond acceptors (Lipinski definition) is 7. The summed E-state index contributed by atoms with van der Waals surface area (Å²) in [6, 6.07) is 4.62. The molecule has 7 nitrogen and oxygen atoms in total. The van der Waals surface area contributed by atoms with Crippen LogP contribution in [0.5, 0.6) is 0 Å². The quantitative estimate of drug-likeness (QED) is 0.338. The van der Waals surface area contributed by atoms with Gasteiger partial charge in [0.2, 0.25) is 0 Å². The lowest BCUT2D eigenvalue weighted by molar-refractivity contribution is -0.384. The highest BCUT2D eigenvalue weighted by Crippen LogP contribution is 2.35. The predicted octanol–water partition coefficient (Wildman–Crippen LogP) is 1.57. The fraction of sp³-hybridized carbons (Fsp3) is 0.267. The van der Waals surface area contributed by atoms with Crippen LogP contribution in [0.1, 0.15) is 19.4 Å². The van der Waals surface area contributed by atoms with Crippen LogP contribution in [0.2, 0.25) is 0 Å². The Labute approximate surface area is 147 Å². The standard InChI is InChI=1S/C15H14N2O5S2/c1-8(2)12(14(19)20)16-13(18)11(24-15(16)23)7-9-4-3-5-10(6-9)17(21)22/h3-8,12H,1-2H3,(H,19,20)/p-1/b11-7-/t12-/m0/s1. The van der Waals surface area contributed by atoms with E-state index in [0.29, 0.717) is 5.56 Å². The minimum Gasteiger partial charge on any atom is -0.548 e. The van der Waals surface area contributed by atoms with Crippen molar-refractivity contribution in [2.75, 3.05) is 0 Å². The summed E-state index contributed by atoms with van der Waals surface area (Å²) in [6.07, 6.45) is 1.46. The molecule has 1 aliphatic heterocycles. The number of nitro groups is 1. The van der Waals surface area contributed by atoms with Crippen LogP contribution >= 0.6 is 24.0 Å². The Morgan fingerprint density at radius 2 is 2.08 bits per heavy atom. The summed E-state index contributed by atoms with van der Waals surface area (Å²) in [5, 5.41) is 22.1. The fourth-order valence-corrected chi connectivity index (χ4v) is 3.60. The molecule has 1 amide bonds. The number of amides is 1. The number of thiocarbonyl (C=S) groups is 1. The molecule has 126 valence electrons. The highest BCUT2D eigenvalue weighted by molar-refractivity contribution is 8.26. The minimum atomic E-state index is -1.38. The summed E-state index contributed by atoms with van der Waals surface area (Å²) in [4.78, 5) is 35.4. The van der Waals surface area contributed by atoms with Gasteiger partial charge in [-0.15, -0.1) is 0 Å². The lowest BCUT2D eigenvalue weighted by Crippen LogP contribution is -2.52. The maximum atomic E-state index is 12.5. The summed E-state index contributed by atoms with van der Waals surface area (Å²) in [7, 11) is 0. The summed E-state index contributed by atoms with van der Waals surface area (Å²) in [5.41, 5.74) is 0.355. The van der Waals surface area contributed by atoms with Crippen molar-refractivity contribution < 1.29 is 19.6 Å². The third-order valence-corrected chi connectivity index (χ3v) is 4.68. The molecular weight excluding hydrogens is 352 g/mol. The first-order valence-electron chi connectivity index (χ1n) is 6.94. The summed E-state index contributed by atoms with van der Waals surface area (Å²) in [5.74, 6) is -2.30. The summed E-state index contributed by atoms with van der Waals surface area (Å²) >= 11 is 6.08.